The van der Waals surface area contributed by atoms with Crippen molar-refractivity contribution >= 4 is 11.6 Å². The number of rotatable bonds is 2. The summed E-state index contributed by atoms with van der Waals surface area (Å²) in [5.41, 5.74) is 7.70. The first-order valence-electron chi connectivity index (χ1n) is 5.39. The van der Waals surface area contributed by atoms with Gasteiger partial charge in [-0.05, 0) is 24.6 Å². The first-order chi connectivity index (χ1) is 7.72. The molecule has 86 valence electrons. The highest BCUT2D eigenvalue weighted by Crippen LogP contribution is 2.21. The zero-order chi connectivity index (χ0) is 11.5. The summed E-state index contributed by atoms with van der Waals surface area (Å²) in [5.74, 6) is -0.0210. The predicted molar refractivity (Wildman–Crippen MR) is 62.3 cm³/mol. The minimum absolute atomic E-state index is 0.0210. The van der Waals surface area contributed by atoms with Gasteiger partial charge < -0.3 is 15.4 Å². The van der Waals surface area contributed by atoms with E-state index in [0.717, 1.165) is 11.3 Å². The lowest BCUT2D eigenvalue weighted by molar-refractivity contribution is -0.127. The van der Waals surface area contributed by atoms with Gasteiger partial charge in [0.2, 0.25) is 0 Å². The third kappa shape index (κ3) is 2.08. The lowest BCUT2D eigenvalue weighted by Crippen LogP contribution is -2.53. The van der Waals surface area contributed by atoms with E-state index in [1.165, 1.54) is 0 Å². The summed E-state index contributed by atoms with van der Waals surface area (Å²) >= 11 is 0. The van der Waals surface area contributed by atoms with E-state index in [-0.39, 0.29) is 18.6 Å². The molecule has 1 aliphatic heterocycles. The Balaban J connectivity index is 2.31. The molecule has 0 aliphatic carbocycles. The molecule has 1 aliphatic rings. The topological polar surface area (TPSA) is 55.6 Å². The molecule has 4 heteroatoms. The number of anilines is 1. The van der Waals surface area contributed by atoms with E-state index in [0.29, 0.717) is 13.2 Å². The van der Waals surface area contributed by atoms with Crippen LogP contribution in [-0.4, -0.2) is 31.7 Å². The van der Waals surface area contributed by atoms with E-state index in [1.807, 2.05) is 31.2 Å². The molecule has 1 aromatic carbocycles. The molecule has 2 rings (SSSR count). The molecule has 0 aromatic heterocycles. The smallest absolute Gasteiger partial charge is 0.253 e. The summed E-state index contributed by atoms with van der Waals surface area (Å²) in [6, 6.07) is 7.82. The summed E-state index contributed by atoms with van der Waals surface area (Å²) in [6.07, 6.45) is 0. The molecule has 0 saturated carbocycles. The molecule has 1 heterocycles. The van der Waals surface area contributed by atoms with E-state index in [2.05, 4.69) is 0 Å². The van der Waals surface area contributed by atoms with Crippen molar-refractivity contribution in [2.45, 2.75) is 13.0 Å². The Morgan fingerprint density at radius 2 is 2.38 bits per heavy atom. The van der Waals surface area contributed by atoms with Crippen molar-refractivity contribution in [3.8, 4) is 0 Å². The van der Waals surface area contributed by atoms with Gasteiger partial charge in [0.25, 0.3) is 5.91 Å². The average Bonchev–Trinajstić information content (AvgIpc) is 2.28. The molecule has 0 spiro atoms. The Labute approximate surface area is 95.0 Å². The Morgan fingerprint density at radius 3 is 3.06 bits per heavy atom. The number of morpholine rings is 1. The Hall–Kier alpha value is -1.39. The van der Waals surface area contributed by atoms with Crippen molar-refractivity contribution in [3.63, 3.8) is 0 Å². The fourth-order valence-electron chi connectivity index (χ4n) is 1.94. The molecule has 0 bridgehead atoms. The minimum atomic E-state index is -0.0527. The van der Waals surface area contributed by atoms with Crippen LogP contribution in [0, 0.1) is 6.92 Å². The van der Waals surface area contributed by atoms with E-state index in [9.17, 15) is 4.79 Å². The number of carbonyl (C=O) groups excluding carboxylic acids is 1. The second-order valence-corrected chi connectivity index (χ2v) is 4.01. The molecule has 4 nitrogen and oxygen atoms in total. The van der Waals surface area contributed by atoms with Crippen LogP contribution in [0.25, 0.3) is 0 Å². The van der Waals surface area contributed by atoms with Gasteiger partial charge in [-0.2, -0.15) is 0 Å². The fraction of sp³-hybridized carbons (Fsp3) is 0.417. The molecule has 0 radical (unpaired) electrons. The molecule has 2 N–H and O–H groups in total. The number of hydrogen-bond acceptors (Lipinski definition) is 3. The molecule has 1 atom stereocenters. The fourth-order valence-corrected chi connectivity index (χ4v) is 1.94. The van der Waals surface area contributed by atoms with E-state index >= 15 is 0 Å². The highest BCUT2D eigenvalue weighted by atomic mass is 16.5. The Kier molecular flexibility index (Phi) is 3.22. The molecular weight excluding hydrogens is 204 g/mol. The van der Waals surface area contributed by atoms with Gasteiger partial charge in [0.1, 0.15) is 6.61 Å². The highest BCUT2D eigenvalue weighted by Gasteiger charge is 2.28. The average molecular weight is 220 g/mol. The van der Waals surface area contributed by atoms with Crippen molar-refractivity contribution in [2.24, 2.45) is 5.73 Å². The van der Waals surface area contributed by atoms with Crippen LogP contribution in [0.1, 0.15) is 5.56 Å². The summed E-state index contributed by atoms with van der Waals surface area (Å²) in [7, 11) is 0. The zero-order valence-electron chi connectivity index (χ0n) is 9.35. The van der Waals surface area contributed by atoms with E-state index in [4.69, 9.17) is 10.5 Å². The Morgan fingerprint density at radius 1 is 1.56 bits per heavy atom. The number of ether oxygens (including phenoxy) is 1. The summed E-state index contributed by atoms with van der Waals surface area (Å²) in [4.78, 5) is 13.6. The van der Waals surface area contributed by atoms with Crippen LogP contribution in [0.15, 0.2) is 24.3 Å². The number of nitrogens with two attached hydrogens (primary N) is 1. The third-order valence-corrected chi connectivity index (χ3v) is 2.72. The van der Waals surface area contributed by atoms with Crippen molar-refractivity contribution in [3.05, 3.63) is 29.8 Å². The molecule has 16 heavy (non-hydrogen) atoms. The lowest BCUT2D eigenvalue weighted by atomic mass is 10.1. The maximum absolute atomic E-state index is 11.8. The monoisotopic (exact) mass is 220 g/mol. The van der Waals surface area contributed by atoms with E-state index < -0.39 is 0 Å². The number of amides is 1. The summed E-state index contributed by atoms with van der Waals surface area (Å²) in [5, 5.41) is 0. The molecule has 1 unspecified atom stereocenters. The van der Waals surface area contributed by atoms with Crippen LogP contribution < -0.4 is 10.6 Å². The van der Waals surface area contributed by atoms with Crippen LogP contribution in [0.2, 0.25) is 0 Å². The summed E-state index contributed by atoms with van der Waals surface area (Å²) < 4.78 is 5.20. The van der Waals surface area contributed by atoms with Crippen molar-refractivity contribution in [2.75, 3.05) is 24.7 Å². The molecular formula is C12H16N2O2. The molecule has 1 amide bonds. The zero-order valence-corrected chi connectivity index (χ0v) is 9.35. The van der Waals surface area contributed by atoms with Gasteiger partial charge in [0.05, 0.1) is 12.6 Å². The SMILES string of the molecule is Cc1cccc(N2C(=O)COCC2CN)c1. The third-order valence-electron chi connectivity index (χ3n) is 2.72. The highest BCUT2D eigenvalue weighted by molar-refractivity contribution is 5.95. The largest absolute Gasteiger partial charge is 0.369 e. The van der Waals surface area contributed by atoms with Crippen LogP contribution in [0.4, 0.5) is 5.69 Å². The quantitative estimate of drug-likeness (QED) is 0.797. The second kappa shape index (κ2) is 4.63. The number of nitrogens with zero attached hydrogens (tertiary/aromatic N) is 1. The number of aryl methyl sites for hydroxylation is 1. The number of benzene rings is 1. The van der Waals surface area contributed by atoms with Gasteiger partial charge in [0, 0.05) is 12.2 Å². The maximum atomic E-state index is 11.8. The van der Waals surface area contributed by atoms with Crippen LogP contribution in [0.3, 0.4) is 0 Å². The van der Waals surface area contributed by atoms with Crippen LogP contribution >= 0.6 is 0 Å². The van der Waals surface area contributed by atoms with Gasteiger partial charge in [-0.25, -0.2) is 0 Å². The van der Waals surface area contributed by atoms with Gasteiger partial charge in [-0.15, -0.1) is 0 Å². The predicted octanol–water partition coefficient (Wildman–Crippen LogP) is 0.686. The number of hydrogen-bond donors (Lipinski definition) is 1. The molecule has 1 saturated heterocycles. The standard InChI is InChI=1S/C12H16N2O2/c1-9-3-2-4-10(5-9)14-11(6-13)7-16-8-12(14)15/h2-5,11H,6-8,13H2,1H3. The van der Waals surface area contributed by atoms with Gasteiger partial charge in [0.15, 0.2) is 0 Å². The van der Waals surface area contributed by atoms with Gasteiger partial charge in [-0.1, -0.05) is 12.1 Å². The minimum Gasteiger partial charge on any atom is -0.369 e. The maximum Gasteiger partial charge on any atom is 0.253 e. The molecule has 1 fully saturated rings. The van der Waals surface area contributed by atoms with Crippen LogP contribution in [-0.2, 0) is 9.53 Å². The number of carbonyl (C=O) groups is 1. The van der Waals surface area contributed by atoms with Crippen molar-refractivity contribution < 1.29 is 9.53 Å². The molecule has 1 aromatic rings. The van der Waals surface area contributed by atoms with Crippen molar-refractivity contribution in [1.82, 2.24) is 0 Å². The normalized spacial score (nSPS) is 21.2. The Bertz CT molecular complexity index is 392. The van der Waals surface area contributed by atoms with Crippen LogP contribution in [0.5, 0.6) is 0 Å². The van der Waals surface area contributed by atoms with E-state index in [1.54, 1.807) is 4.90 Å². The first-order valence-corrected chi connectivity index (χ1v) is 5.39. The van der Waals surface area contributed by atoms with Gasteiger partial charge >= 0.3 is 0 Å². The van der Waals surface area contributed by atoms with Crippen molar-refractivity contribution in [1.29, 1.82) is 0 Å². The first kappa shape index (κ1) is 11.1. The summed E-state index contributed by atoms with van der Waals surface area (Å²) in [6.45, 7) is 3.08. The lowest BCUT2D eigenvalue weighted by Gasteiger charge is -2.34. The second-order valence-electron chi connectivity index (χ2n) is 4.01. The van der Waals surface area contributed by atoms with Gasteiger partial charge in [-0.3, -0.25) is 4.79 Å².